The molecule has 0 spiro atoms. The second-order valence-electron chi connectivity index (χ2n) is 5.43. The van der Waals surface area contributed by atoms with E-state index in [0.29, 0.717) is 5.92 Å². The summed E-state index contributed by atoms with van der Waals surface area (Å²) in [6.07, 6.45) is 3.97. The smallest absolute Gasteiger partial charge is 0.130 e. The van der Waals surface area contributed by atoms with E-state index in [4.69, 9.17) is 0 Å². The molecule has 104 valence electrons. The molecule has 0 amide bonds. The lowest BCUT2D eigenvalue weighted by atomic mass is 9.78. The largest absolute Gasteiger partial charge is 0.370 e. The minimum atomic E-state index is 0.712. The minimum Gasteiger partial charge on any atom is -0.370 e. The zero-order valence-electron chi connectivity index (χ0n) is 12.2. The van der Waals surface area contributed by atoms with E-state index in [1.54, 1.807) is 0 Å². The SMILES string of the molecule is CCNc1cc(-c2ccccc2C2CCC2)nc(C)n1. The average molecular weight is 267 g/mol. The Morgan fingerprint density at radius 1 is 1.20 bits per heavy atom. The van der Waals surface area contributed by atoms with Gasteiger partial charge in [0, 0.05) is 18.2 Å². The number of nitrogens with zero attached hydrogens (tertiary/aromatic N) is 2. The summed E-state index contributed by atoms with van der Waals surface area (Å²) in [4.78, 5) is 9.07. The van der Waals surface area contributed by atoms with Gasteiger partial charge in [-0.05, 0) is 38.2 Å². The van der Waals surface area contributed by atoms with Gasteiger partial charge in [0.15, 0.2) is 0 Å². The predicted octanol–water partition coefficient (Wildman–Crippen LogP) is 4.15. The standard InChI is InChI=1S/C17H21N3/c1-3-18-17-11-16(19-12(2)20-17)15-10-5-4-9-14(15)13-7-6-8-13/h4-5,9-11,13H,3,6-8H2,1-2H3,(H,18,19,20). The second kappa shape index (κ2) is 5.61. The molecule has 0 atom stereocenters. The fraction of sp³-hybridized carbons (Fsp3) is 0.412. The number of benzene rings is 1. The summed E-state index contributed by atoms with van der Waals surface area (Å²) >= 11 is 0. The molecule has 1 aliphatic carbocycles. The molecule has 1 aliphatic rings. The van der Waals surface area contributed by atoms with Crippen LogP contribution in [0.5, 0.6) is 0 Å². The van der Waals surface area contributed by atoms with Gasteiger partial charge < -0.3 is 5.32 Å². The maximum Gasteiger partial charge on any atom is 0.130 e. The molecule has 0 saturated heterocycles. The first kappa shape index (κ1) is 13.1. The van der Waals surface area contributed by atoms with Crippen molar-refractivity contribution >= 4 is 5.82 Å². The van der Waals surface area contributed by atoms with E-state index in [-0.39, 0.29) is 0 Å². The monoisotopic (exact) mass is 267 g/mol. The second-order valence-corrected chi connectivity index (χ2v) is 5.43. The average Bonchev–Trinajstić information content (AvgIpc) is 2.37. The van der Waals surface area contributed by atoms with Gasteiger partial charge in [0.25, 0.3) is 0 Å². The molecule has 1 aromatic heterocycles. The first-order chi connectivity index (χ1) is 9.78. The number of hydrogen-bond acceptors (Lipinski definition) is 3. The van der Waals surface area contributed by atoms with Crippen molar-refractivity contribution in [2.24, 2.45) is 0 Å². The Kier molecular flexibility index (Phi) is 3.68. The number of hydrogen-bond donors (Lipinski definition) is 1. The summed E-state index contributed by atoms with van der Waals surface area (Å²) in [5.41, 5.74) is 3.75. The lowest BCUT2D eigenvalue weighted by molar-refractivity contribution is 0.420. The summed E-state index contributed by atoms with van der Waals surface area (Å²) in [6.45, 7) is 4.91. The molecule has 3 nitrogen and oxygen atoms in total. The Balaban J connectivity index is 2.04. The molecule has 3 heteroatoms. The highest BCUT2D eigenvalue weighted by Gasteiger charge is 2.22. The van der Waals surface area contributed by atoms with Crippen molar-refractivity contribution in [2.45, 2.75) is 39.0 Å². The van der Waals surface area contributed by atoms with E-state index in [0.717, 1.165) is 23.9 Å². The van der Waals surface area contributed by atoms with Crippen LogP contribution in [0.3, 0.4) is 0 Å². The highest BCUT2D eigenvalue weighted by Crippen LogP contribution is 2.40. The highest BCUT2D eigenvalue weighted by molar-refractivity contribution is 5.67. The third-order valence-corrected chi connectivity index (χ3v) is 3.98. The van der Waals surface area contributed by atoms with E-state index >= 15 is 0 Å². The maximum absolute atomic E-state index is 4.64. The number of nitrogens with one attached hydrogen (secondary N) is 1. The van der Waals surface area contributed by atoms with Crippen LogP contribution < -0.4 is 5.32 Å². The van der Waals surface area contributed by atoms with Crippen molar-refractivity contribution in [2.75, 3.05) is 11.9 Å². The summed E-state index contributed by atoms with van der Waals surface area (Å²) in [6, 6.07) is 10.7. The fourth-order valence-corrected chi connectivity index (χ4v) is 2.78. The summed E-state index contributed by atoms with van der Waals surface area (Å²) in [7, 11) is 0. The fourth-order valence-electron chi connectivity index (χ4n) is 2.78. The van der Waals surface area contributed by atoms with Crippen LogP contribution in [-0.2, 0) is 0 Å². The van der Waals surface area contributed by atoms with E-state index in [1.807, 2.05) is 6.92 Å². The van der Waals surface area contributed by atoms with Gasteiger partial charge in [0.2, 0.25) is 0 Å². The minimum absolute atomic E-state index is 0.712. The van der Waals surface area contributed by atoms with Crippen molar-refractivity contribution in [1.29, 1.82) is 0 Å². The van der Waals surface area contributed by atoms with Gasteiger partial charge in [-0.15, -0.1) is 0 Å². The first-order valence-electron chi connectivity index (χ1n) is 7.46. The van der Waals surface area contributed by atoms with Gasteiger partial charge in [-0.3, -0.25) is 0 Å². The lowest BCUT2D eigenvalue weighted by Crippen LogP contribution is -2.10. The van der Waals surface area contributed by atoms with E-state index in [2.05, 4.69) is 52.5 Å². The highest BCUT2D eigenvalue weighted by atomic mass is 15.0. The quantitative estimate of drug-likeness (QED) is 0.904. The summed E-state index contributed by atoms with van der Waals surface area (Å²) in [5.74, 6) is 2.45. The van der Waals surface area contributed by atoms with Crippen LogP contribution in [0.4, 0.5) is 5.82 Å². The van der Waals surface area contributed by atoms with Gasteiger partial charge in [0.1, 0.15) is 11.6 Å². The molecular formula is C17H21N3. The van der Waals surface area contributed by atoms with E-state index in [9.17, 15) is 0 Å². The van der Waals surface area contributed by atoms with Crippen LogP contribution in [0.25, 0.3) is 11.3 Å². The van der Waals surface area contributed by atoms with Crippen molar-refractivity contribution in [3.05, 3.63) is 41.7 Å². The molecule has 1 heterocycles. The molecular weight excluding hydrogens is 246 g/mol. The van der Waals surface area contributed by atoms with Gasteiger partial charge in [-0.1, -0.05) is 30.7 Å². The van der Waals surface area contributed by atoms with Gasteiger partial charge in [-0.2, -0.15) is 0 Å². The Morgan fingerprint density at radius 3 is 2.70 bits per heavy atom. The van der Waals surface area contributed by atoms with Crippen LogP contribution >= 0.6 is 0 Å². The third-order valence-electron chi connectivity index (χ3n) is 3.98. The van der Waals surface area contributed by atoms with Gasteiger partial charge >= 0.3 is 0 Å². The topological polar surface area (TPSA) is 37.8 Å². The van der Waals surface area contributed by atoms with Crippen molar-refractivity contribution in [3.63, 3.8) is 0 Å². The normalized spacial score (nSPS) is 14.9. The van der Waals surface area contributed by atoms with Gasteiger partial charge in [-0.25, -0.2) is 9.97 Å². The molecule has 0 aliphatic heterocycles. The Hall–Kier alpha value is -1.90. The molecule has 1 N–H and O–H groups in total. The van der Waals surface area contributed by atoms with Crippen LogP contribution in [0, 0.1) is 6.92 Å². The van der Waals surface area contributed by atoms with Crippen LogP contribution in [0.2, 0.25) is 0 Å². The van der Waals surface area contributed by atoms with E-state index < -0.39 is 0 Å². The van der Waals surface area contributed by atoms with Crippen molar-refractivity contribution < 1.29 is 0 Å². The number of aromatic nitrogens is 2. The molecule has 1 saturated carbocycles. The summed E-state index contributed by atoms with van der Waals surface area (Å²) < 4.78 is 0. The third kappa shape index (κ3) is 2.53. The zero-order valence-corrected chi connectivity index (χ0v) is 12.2. The Bertz CT molecular complexity index is 603. The number of anilines is 1. The molecule has 1 fully saturated rings. The predicted molar refractivity (Wildman–Crippen MR) is 83.0 cm³/mol. The van der Waals surface area contributed by atoms with Crippen molar-refractivity contribution in [3.8, 4) is 11.3 Å². The van der Waals surface area contributed by atoms with Crippen molar-refractivity contribution in [1.82, 2.24) is 9.97 Å². The Morgan fingerprint density at radius 2 is 2.00 bits per heavy atom. The molecule has 3 rings (SSSR count). The lowest BCUT2D eigenvalue weighted by Gasteiger charge is -2.27. The molecule has 1 aromatic carbocycles. The molecule has 0 radical (unpaired) electrons. The van der Waals surface area contributed by atoms with Crippen LogP contribution in [0.15, 0.2) is 30.3 Å². The zero-order chi connectivity index (χ0) is 13.9. The maximum atomic E-state index is 4.64. The van der Waals surface area contributed by atoms with Crippen LogP contribution in [-0.4, -0.2) is 16.5 Å². The number of aryl methyl sites for hydroxylation is 1. The molecule has 20 heavy (non-hydrogen) atoms. The molecule has 0 unspecified atom stereocenters. The van der Waals surface area contributed by atoms with Gasteiger partial charge in [0.05, 0.1) is 5.69 Å². The summed E-state index contributed by atoms with van der Waals surface area (Å²) in [5, 5.41) is 3.28. The Labute approximate surface area is 120 Å². The first-order valence-corrected chi connectivity index (χ1v) is 7.46. The van der Waals surface area contributed by atoms with E-state index in [1.165, 1.54) is 30.4 Å². The van der Waals surface area contributed by atoms with Crippen LogP contribution in [0.1, 0.15) is 43.5 Å². The molecule has 0 bridgehead atoms. The molecule has 2 aromatic rings. The number of rotatable bonds is 4.